The fraction of sp³-hybridized carbons (Fsp3) is 0.300. The van der Waals surface area contributed by atoms with E-state index in [1.54, 1.807) is 0 Å². The summed E-state index contributed by atoms with van der Waals surface area (Å²) in [4.78, 5) is 20.8. The minimum absolute atomic E-state index is 0.0117. The third-order valence-corrected chi connectivity index (χ3v) is 2.31. The fourth-order valence-electron chi connectivity index (χ4n) is 1.32. The number of hydrogen-bond acceptors (Lipinski definition) is 4. The van der Waals surface area contributed by atoms with Gasteiger partial charge in [-0.05, 0) is 12.5 Å². The second-order valence-electron chi connectivity index (χ2n) is 3.15. The van der Waals surface area contributed by atoms with Crippen molar-refractivity contribution in [1.82, 2.24) is 0 Å². The van der Waals surface area contributed by atoms with Gasteiger partial charge in [-0.25, -0.2) is 0 Å². The van der Waals surface area contributed by atoms with Crippen LogP contribution in [0.4, 0.5) is 5.69 Å². The van der Waals surface area contributed by atoms with Gasteiger partial charge in [0.05, 0.1) is 12.0 Å². The van der Waals surface area contributed by atoms with Crippen LogP contribution in [-0.2, 0) is 11.2 Å². The van der Waals surface area contributed by atoms with Gasteiger partial charge in [0.2, 0.25) is 0 Å². The average molecular weight is 241 g/mol. The number of carbonyl (C=O) groups is 1. The Labute approximate surface area is 98.0 Å². The van der Waals surface area contributed by atoms with Crippen LogP contribution in [0.5, 0.6) is 5.75 Å². The molecule has 0 aliphatic heterocycles. The van der Waals surface area contributed by atoms with Crippen molar-refractivity contribution >= 4 is 23.4 Å². The summed E-state index contributed by atoms with van der Waals surface area (Å²) < 4.78 is 5.05. The van der Waals surface area contributed by atoms with Crippen LogP contribution >= 0.6 is 12.6 Å². The van der Waals surface area contributed by atoms with Crippen LogP contribution in [0.25, 0.3) is 0 Å². The van der Waals surface area contributed by atoms with Gasteiger partial charge in [-0.2, -0.15) is 0 Å². The van der Waals surface area contributed by atoms with E-state index in [1.807, 2.05) is 0 Å². The van der Waals surface area contributed by atoms with Crippen LogP contribution in [0.1, 0.15) is 12.0 Å². The number of hydrogen-bond donors (Lipinski definition) is 1. The Morgan fingerprint density at radius 3 is 2.75 bits per heavy atom. The molecule has 0 aliphatic carbocycles. The average Bonchev–Trinajstić information content (AvgIpc) is 2.25. The maximum Gasteiger partial charge on any atom is 0.269 e. The summed E-state index contributed by atoms with van der Waals surface area (Å²) in [6, 6.07) is 4.30. The molecule has 86 valence electrons. The number of rotatable bonds is 5. The molecule has 0 unspecified atom stereocenters. The Balaban J connectivity index is 2.97. The van der Waals surface area contributed by atoms with Gasteiger partial charge in [-0.15, -0.1) is 12.6 Å². The first-order valence-corrected chi connectivity index (χ1v) is 5.02. The van der Waals surface area contributed by atoms with E-state index in [2.05, 4.69) is 12.6 Å². The Morgan fingerprint density at radius 1 is 1.56 bits per heavy atom. The molecule has 1 aromatic rings. The van der Waals surface area contributed by atoms with Crippen molar-refractivity contribution in [2.75, 3.05) is 7.11 Å². The number of nitro groups is 1. The van der Waals surface area contributed by atoms with E-state index in [9.17, 15) is 14.9 Å². The van der Waals surface area contributed by atoms with Crippen LogP contribution in [-0.4, -0.2) is 17.1 Å². The second-order valence-corrected chi connectivity index (χ2v) is 3.65. The minimum Gasteiger partial charge on any atom is -0.496 e. The van der Waals surface area contributed by atoms with Crippen molar-refractivity contribution < 1.29 is 14.5 Å². The predicted molar refractivity (Wildman–Crippen MR) is 62.0 cm³/mol. The van der Waals surface area contributed by atoms with E-state index in [4.69, 9.17) is 4.74 Å². The molecule has 6 heteroatoms. The predicted octanol–water partition coefficient (Wildman–Crippen LogP) is 1.99. The zero-order chi connectivity index (χ0) is 12.1. The quantitative estimate of drug-likeness (QED) is 0.486. The lowest BCUT2D eigenvalue weighted by molar-refractivity contribution is -0.384. The maximum atomic E-state index is 10.7. The number of benzene rings is 1. The molecule has 1 aromatic carbocycles. The van der Waals surface area contributed by atoms with Crippen LogP contribution in [0.2, 0.25) is 0 Å². The summed E-state index contributed by atoms with van der Waals surface area (Å²) in [7, 11) is 1.48. The molecular formula is C10H11NO4S. The van der Waals surface area contributed by atoms with Gasteiger partial charge >= 0.3 is 0 Å². The smallest absolute Gasteiger partial charge is 0.269 e. The van der Waals surface area contributed by atoms with Crippen molar-refractivity contribution in [1.29, 1.82) is 0 Å². The number of nitro benzene ring substituents is 1. The zero-order valence-corrected chi connectivity index (χ0v) is 9.57. The molecule has 0 amide bonds. The lowest BCUT2D eigenvalue weighted by Crippen LogP contribution is -1.97. The highest BCUT2D eigenvalue weighted by Crippen LogP contribution is 2.25. The molecule has 0 aromatic heterocycles. The minimum atomic E-state index is -0.481. The third kappa shape index (κ3) is 3.23. The largest absolute Gasteiger partial charge is 0.496 e. The number of ether oxygens (including phenoxy) is 1. The first kappa shape index (κ1) is 12.5. The van der Waals surface area contributed by atoms with Gasteiger partial charge in [0.1, 0.15) is 5.75 Å². The number of methoxy groups -OCH3 is 1. The van der Waals surface area contributed by atoms with Gasteiger partial charge in [-0.1, -0.05) is 0 Å². The van der Waals surface area contributed by atoms with E-state index in [1.165, 1.54) is 25.3 Å². The number of aryl methyl sites for hydroxylation is 1. The summed E-state index contributed by atoms with van der Waals surface area (Å²) in [5.41, 5.74) is 0.626. The summed E-state index contributed by atoms with van der Waals surface area (Å²) in [5, 5.41) is 10.3. The Hall–Kier alpha value is -1.56. The molecule has 0 bridgehead atoms. The van der Waals surface area contributed by atoms with Gasteiger partial charge in [-0.3, -0.25) is 14.9 Å². The molecule has 0 fully saturated rings. The lowest BCUT2D eigenvalue weighted by Gasteiger charge is -2.06. The molecule has 0 heterocycles. The molecular weight excluding hydrogens is 230 g/mol. The number of thiol groups is 1. The van der Waals surface area contributed by atoms with Gasteiger partial charge in [0.25, 0.3) is 5.69 Å². The molecule has 1 rings (SSSR count). The lowest BCUT2D eigenvalue weighted by atomic mass is 10.1. The Morgan fingerprint density at radius 2 is 2.25 bits per heavy atom. The van der Waals surface area contributed by atoms with E-state index in [0.29, 0.717) is 17.7 Å². The summed E-state index contributed by atoms with van der Waals surface area (Å²) >= 11 is 3.64. The van der Waals surface area contributed by atoms with Crippen molar-refractivity contribution in [3.8, 4) is 5.75 Å². The van der Waals surface area contributed by atoms with E-state index in [-0.39, 0.29) is 17.2 Å². The number of carbonyl (C=O) groups excluding carboxylic acids is 1. The molecule has 0 atom stereocenters. The monoisotopic (exact) mass is 241 g/mol. The molecule has 16 heavy (non-hydrogen) atoms. The first-order valence-electron chi connectivity index (χ1n) is 4.57. The molecule has 5 nitrogen and oxygen atoms in total. The van der Waals surface area contributed by atoms with E-state index < -0.39 is 4.92 Å². The molecule has 0 saturated heterocycles. The topological polar surface area (TPSA) is 69.4 Å². The van der Waals surface area contributed by atoms with Crippen molar-refractivity contribution in [3.63, 3.8) is 0 Å². The maximum absolute atomic E-state index is 10.7. The van der Waals surface area contributed by atoms with Crippen LogP contribution in [0, 0.1) is 10.1 Å². The van der Waals surface area contributed by atoms with Crippen molar-refractivity contribution in [2.24, 2.45) is 0 Å². The van der Waals surface area contributed by atoms with Crippen LogP contribution in [0.15, 0.2) is 18.2 Å². The van der Waals surface area contributed by atoms with Crippen molar-refractivity contribution in [3.05, 3.63) is 33.9 Å². The normalized spacial score (nSPS) is 9.88. The first-order chi connectivity index (χ1) is 7.54. The summed E-state index contributed by atoms with van der Waals surface area (Å²) in [6.45, 7) is 0. The fourth-order valence-corrected chi connectivity index (χ4v) is 1.43. The summed E-state index contributed by atoms with van der Waals surface area (Å²) in [6.07, 6.45) is 0.605. The SMILES string of the molecule is COc1ccc([N+](=O)[O-])cc1CCC(=O)S. The zero-order valence-electron chi connectivity index (χ0n) is 8.67. The third-order valence-electron chi connectivity index (χ3n) is 2.08. The van der Waals surface area contributed by atoms with E-state index in [0.717, 1.165) is 0 Å². The highest BCUT2D eigenvalue weighted by atomic mass is 32.1. The van der Waals surface area contributed by atoms with Gasteiger partial charge in [0.15, 0.2) is 5.12 Å². The van der Waals surface area contributed by atoms with E-state index >= 15 is 0 Å². The second kappa shape index (κ2) is 5.50. The van der Waals surface area contributed by atoms with Crippen LogP contribution < -0.4 is 4.74 Å². The van der Waals surface area contributed by atoms with Crippen LogP contribution in [0.3, 0.4) is 0 Å². The Bertz CT molecular complexity index is 419. The Kier molecular flexibility index (Phi) is 4.30. The number of non-ortho nitro benzene ring substituents is 1. The highest BCUT2D eigenvalue weighted by molar-refractivity contribution is 7.96. The van der Waals surface area contributed by atoms with Gasteiger partial charge in [0, 0.05) is 24.1 Å². The summed E-state index contributed by atoms with van der Waals surface area (Å²) in [5.74, 6) is 0.542. The van der Waals surface area contributed by atoms with Gasteiger partial charge < -0.3 is 4.74 Å². The molecule has 0 saturated carbocycles. The number of nitrogens with zero attached hydrogens (tertiary/aromatic N) is 1. The highest BCUT2D eigenvalue weighted by Gasteiger charge is 2.11. The standard InChI is InChI=1S/C10H11NO4S/c1-15-9-4-3-8(11(13)14)6-7(9)2-5-10(12)16/h3-4,6H,2,5H2,1H3,(H,12,16). The molecule has 0 radical (unpaired) electrons. The molecule has 0 aliphatic rings. The van der Waals surface area contributed by atoms with Crippen molar-refractivity contribution in [2.45, 2.75) is 12.8 Å². The molecule has 0 N–H and O–H groups in total. The molecule has 0 spiro atoms.